The van der Waals surface area contributed by atoms with Gasteiger partial charge in [-0.1, -0.05) is 32.0 Å². The van der Waals surface area contributed by atoms with Gasteiger partial charge in [0.05, 0.1) is 6.10 Å². The summed E-state index contributed by atoms with van der Waals surface area (Å²) in [6, 6.07) is 7.63. The number of hydrogen-bond donors (Lipinski definition) is 3. The number of thiophene rings is 1. The molecular formula is C17H22N2O2S. The van der Waals surface area contributed by atoms with Crippen LogP contribution in [0.3, 0.4) is 0 Å². The Bertz CT molecular complexity index is 589. The highest BCUT2D eigenvalue weighted by Gasteiger charge is 2.12. The van der Waals surface area contributed by atoms with E-state index in [1.807, 2.05) is 35.0 Å². The number of anilines is 1. The zero-order valence-electron chi connectivity index (χ0n) is 12.9. The fourth-order valence-corrected chi connectivity index (χ4v) is 3.04. The van der Waals surface area contributed by atoms with Crippen molar-refractivity contribution in [3.63, 3.8) is 0 Å². The third-order valence-corrected chi connectivity index (χ3v) is 4.32. The SMILES string of the molecule is CCc1cccc(CC)c1NC(=O)NCC(O)c1ccsc1. The van der Waals surface area contributed by atoms with Crippen LogP contribution in [0.2, 0.25) is 0 Å². The Morgan fingerprint density at radius 1 is 1.23 bits per heavy atom. The van der Waals surface area contributed by atoms with Gasteiger partial charge in [0.2, 0.25) is 0 Å². The molecule has 0 aliphatic carbocycles. The molecule has 1 aromatic carbocycles. The van der Waals surface area contributed by atoms with Crippen molar-refractivity contribution in [1.82, 2.24) is 5.32 Å². The van der Waals surface area contributed by atoms with Gasteiger partial charge in [-0.25, -0.2) is 4.79 Å². The van der Waals surface area contributed by atoms with Crippen LogP contribution in [-0.2, 0) is 12.8 Å². The van der Waals surface area contributed by atoms with Gasteiger partial charge in [-0.15, -0.1) is 0 Å². The first-order valence-corrected chi connectivity index (χ1v) is 8.45. The Balaban J connectivity index is 1.97. The lowest BCUT2D eigenvalue weighted by Crippen LogP contribution is -2.32. The van der Waals surface area contributed by atoms with Gasteiger partial charge in [-0.3, -0.25) is 0 Å². The predicted octanol–water partition coefficient (Wildman–Crippen LogP) is 3.73. The molecule has 4 nitrogen and oxygen atoms in total. The number of carbonyl (C=O) groups excluding carboxylic acids is 1. The number of urea groups is 1. The number of para-hydroxylation sites is 1. The number of amides is 2. The maximum absolute atomic E-state index is 12.1. The molecule has 2 amide bonds. The average Bonchev–Trinajstić information content (AvgIpc) is 3.07. The van der Waals surface area contributed by atoms with E-state index in [0.717, 1.165) is 35.2 Å². The summed E-state index contributed by atoms with van der Waals surface area (Å²) < 4.78 is 0. The van der Waals surface area contributed by atoms with Crippen molar-refractivity contribution in [3.05, 3.63) is 51.7 Å². The zero-order valence-corrected chi connectivity index (χ0v) is 13.7. The average molecular weight is 318 g/mol. The van der Waals surface area contributed by atoms with Gasteiger partial charge >= 0.3 is 6.03 Å². The Morgan fingerprint density at radius 3 is 2.45 bits per heavy atom. The molecule has 22 heavy (non-hydrogen) atoms. The summed E-state index contributed by atoms with van der Waals surface area (Å²) in [6.07, 6.45) is 1.05. The minimum absolute atomic E-state index is 0.193. The van der Waals surface area contributed by atoms with Gasteiger partial charge in [0.15, 0.2) is 0 Å². The van der Waals surface area contributed by atoms with Gasteiger partial charge < -0.3 is 15.7 Å². The Labute approximate surface area is 135 Å². The summed E-state index contributed by atoms with van der Waals surface area (Å²) in [4.78, 5) is 12.1. The van der Waals surface area contributed by atoms with Gasteiger partial charge in [-0.05, 0) is 46.4 Å². The maximum atomic E-state index is 12.1. The van der Waals surface area contributed by atoms with Gasteiger partial charge in [0, 0.05) is 12.2 Å². The highest BCUT2D eigenvalue weighted by Crippen LogP contribution is 2.22. The third kappa shape index (κ3) is 4.08. The molecule has 5 heteroatoms. The van der Waals surface area contributed by atoms with Crippen LogP contribution in [0.25, 0.3) is 0 Å². The topological polar surface area (TPSA) is 61.4 Å². The van der Waals surface area contributed by atoms with Crippen molar-refractivity contribution in [2.24, 2.45) is 0 Å². The molecule has 2 rings (SSSR count). The predicted molar refractivity (Wildman–Crippen MR) is 91.5 cm³/mol. The molecule has 118 valence electrons. The van der Waals surface area contributed by atoms with Crippen LogP contribution in [0.4, 0.5) is 10.5 Å². The second-order valence-electron chi connectivity index (χ2n) is 5.07. The molecule has 1 aromatic heterocycles. The first-order valence-electron chi connectivity index (χ1n) is 7.51. The Kier molecular flexibility index (Phi) is 5.98. The summed E-state index contributed by atoms with van der Waals surface area (Å²) in [6.45, 7) is 4.33. The molecular weight excluding hydrogens is 296 g/mol. The monoisotopic (exact) mass is 318 g/mol. The number of nitrogens with one attached hydrogen (secondary N) is 2. The second-order valence-corrected chi connectivity index (χ2v) is 5.85. The van der Waals surface area contributed by atoms with Crippen molar-refractivity contribution >= 4 is 23.1 Å². The van der Waals surface area contributed by atoms with Crippen LogP contribution < -0.4 is 10.6 Å². The van der Waals surface area contributed by atoms with Crippen LogP contribution in [0.1, 0.15) is 36.6 Å². The van der Waals surface area contributed by atoms with E-state index >= 15 is 0 Å². The quantitative estimate of drug-likeness (QED) is 0.760. The van der Waals surface area contributed by atoms with E-state index in [1.165, 1.54) is 11.3 Å². The molecule has 0 aliphatic heterocycles. The fraction of sp³-hybridized carbons (Fsp3) is 0.353. The van der Waals surface area contributed by atoms with E-state index in [2.05, 4.69) is 24.5 Å². The van der Waals surface area contributed by atoms with Crippen LogP contribution in [-0.4, -0.2) is 17.7 Å². The molecule has 0 radical (unpaired) electrons. The fourth-order valence-electron chi connectivity index (χ4n) is 2.33. The minimum Gasteiger partial charge on any atom is -0.387 e. The second kappa shape index (κ2) is 7.96. The van der Waals surface area contributed by atoms with Gasteiger partial charge in [0.1, 0.15) is 0 Å². The zero-order chi connectivity index (χ0) is 15.9. The molecule has 1 atom stereocenters. The lowest BCUT2D eigenvalue weighted by atomic mass is 10.0. The Hall–Kier alpha value is -1.85. The third-order valence-electron chi connectivity index (χ3n) is 3.62. The lowest BCUT2D eigenvalue weighted by Gasteiger charge is -2.16. The van der Waals surface area contributed by atoms with E-state index < -0.39 is 6.10 Å². The number of aryl methyl sites for hydroxylation is 2. The standard InChI is InChI=1S/C17H22N2O2S/c1-3-12-6-5-7-13(4-2)16(12)19-17(21)18-10-15(20)14-8-9-22-11-14/h5-9,11,15,20H,3-4,10H2,1-2H3,(H2,18,19,21). The number of aliphatic hydroxyl groups excluding tert-OH is 1. The van der Waals surface area contributed by atoms with E-state index in [4.69, 9.17) is 0 Å². The maximum Gasteiger partial charge on any atom is 0.319 e. The molecule has 0 fully saturated rings. The van der Waals surface area contributed by atoms with Crippen LogP contribution in [0.15, 0.2) is 35.0 Å². The van der Waals surface area contributed by atoms with Crippen molar-refractivity contribution < 1.29 is 9.90 Å². The van der Waals surface area contributed by atoms with Crippen LogP contribution in [0, 0.1) is 0 Å². The molecule has 0 saturated heterocycles. The smallest absolute Gasteiger partial charge is 0.319 e. The first-order chi connectivity index (χ1) is 10.7. The summed E-state index contributed by atoms with van der Waals surface area (Å²) in [5, 5.41) is 19.4. The summed E-state index contributed by atoms with van der Waals surface area (Å²) in [5.74, 6) is 0. The largest absolute Gasteiger partial charge is 0.387 e. The molecule has 1 heterocycles. The van der Waals surface area contributed by atoms with E-state index in [0.29, 0.717) is 0 Å². The molecule has 0 spiro atoms. The van der Waals surface area contributed by atoms with Crippen molar-refractivity contribution in [1.29, 1.82) is 0 Å². The summed E-state index contributed by atoms with van der Waals surface area (Å²) in [7, 11) is 0. The van der Waals surface area contributed by atoms with Crippen molar-refractivity contribution in [3.8, 4) is 0 Å². The first kappa shape index (κ1) is 16.5. The van der Waals surface area contributed by atoms with Gasteiger partial charge in [0.25, 0.3) is 0 Å². The number of hydrogen-bond acceptors (Lipinski definition) is 3. The number of benzene rings is 1. The van der Waals surface area contributed by atoms with E-state index in [-0.39, 0.29) is 12.6 Å². The van der Waals surface area contributed by atoms with E-state index in [1.54, 1.807) is 0 Å². The molecule has 2 aromatic rings. The number of carbonyl (C=O) groups is 1. The summed E-state index contributed by atoms with van der Waals surface area (Å²) in [5.41, 5.74) is 3.95. The highest BCUT2D eigenvalue weighted by atomic mass is 32.1. The summed E-state index contributed by atoms with van der Waals surface area (Å²) >= 11 is 1.53. The molecule has 0 bridgehead atoms. The highest BCUT2D eigenvalue weighted by molar-refractivity contribution is 7.07. The molecule has 0 saturated carbocycles. The molecule has 1 unspecified atom stereocenters. The number of aliphatic hydroxyl groups is 1. The Morgan fingerprint density at radius 2 is 1.91 bits per heavy atom. The minimum atomic E-state index is -0.677. The molecule has 3 N–H and O–H groups in total. The normalized spacial score (nSPS) is 12.0. The van der Waals surface area contributed by atoms with E-state index in [9.17, 15) is 9.90 Å². The van der Waals surface area contributed by atoms with Crippen LogP contribution in [0.5, 0.6) is 0 Å². The van der Waals surface area contributed by atoms with Crippen molar-refractivity contribution in [2.45, 2.75) is 32.8 Å². The van der Waals surface area contributed by atoms with Gasteiger partial charge in [-0.2, -0.15) is 11.3 Å². The molecule has 0 aliphatic rings. The lowest BCUT2D eigenvalue weighted by molar-refractivity contribution is 0.175. The van der Waals surface area contributed by atoms with Crippen LogP contribution >= 0.6 is 11.3 Å². The van der Waals surface area contributed by atoms with Crippen molar-refractivity contribution in [2.75, 3.05) is 11.9 Å². The number of rotatable bonds is 6.